The molecule has 0 saturated heterocycles. The van der Waals surface area contributed by atoms with Gasteiger partial charge in [-0.2, -0.15) is 4.98 Å². The van der Waals surface area contributed by atoms with Crippen LogP contribution in [0.2, 0.25) is 0 Å². The van der Waals surface area contributed by atoms with Gasteiger partial charge in [0.1, 0.15) is 5.82 Å². The van der Waals surface area contributed by atoms with E-state index >= 15 is 0 Å². The van der Waals surface area contributed by atoms with Crippen molar-refractivity contribution in [3.05, 3.63) is 22.7 Å². The molecule has 0 bridgehead atoms. The van der Waals surface area contributed by atoms with E-state index in [0.29, 0.717) is 12.0 Å². The van der Waals surface area contributed by atoms with Gasteiger partial charge in [0.15, 0.2) is 0 Å². The highest BCUT2D eigenvalue weighted by atomic mass is 79.9. The molecule has 1 saturated carbocycles. The van der Waals surface area contributed by atoms with E-state index in [1.165, 1.54) is 12.8 Å². The Morgan fingerprint density at radius 2 is 2.11 bits per heavy atom. The zero-order valence-corrected chi connectivity index (χ0v) is 11.7. The van der Waals surface area contributed by atoms with Crippen molar-refractivity contribution in [1.82, 2.24) is 9.97 Å². The van der Waals surface area contributed by atoms with Gasteiger partial charge in [0, 0.05) is 15.9 Å². The third-order valence-electron chi connectivity index (χ3n) is 3.39. The van der Waals surface area contributed by atoms with Crippen molar-refractivity contribution in [1.29, 1.82) is 0 Å². The summed E-state index contributed by atoms with van der Waals surface area (Å²) in [5.74, 6) is 1.97. The second-order valence-corrected chi connectivity index (χ2v) is 5.93. The maximum absolute atomic E-state index is 5.76. The smallest absolute Gasteiger partial charge is 0.222 e. The van der Waals surface area contributed by atoms with Gasteiger partial charge < -0.3 is 11.1 Å². The Balaban J connectivity index is 1.99. The molecule has 1 fully saturated rings. The number of hydrogen-bond donors (Lipinski definition) is 2. The van der Waals surface area contributed by atoms with Crippen LogP contribution in [0.25, 0.3) is 10.9 Å². The molecule has 18 heavy (non-hydrogen) atoms. The van der Waals surface area contributed by atoms with Crippen LogP contribution in [0.5, 0.6) is 0 Å². The number of nitrogen functional groups attached to an aromatic ring is 1. The number of hydrogen-bond acceptors (Lipinski definition) is 4. The lowest BCUT2D eigenvalue weighted by atomic mass is 9.82. The number of rotatable bonds is 2. The Morgan fingerprint density at radius 1 is 1.33 bits per heavy atom. The van der Waals surface area contributed by atoms with Crippen molar-refractivity contribution in [2.45, 2.75) is 25.8 Å². The van der Waals surface area contributed by atoms with Crippen LogP contribution >= 0.6 is 15.9 Å². The van der Waals surface area contributed by atoms with E-state index in [1.807, 2.05) is 18.2 Å². The first kappa shape index (κ1) is 11.7. The van der Waals surface area contributed by atoms with Gasteiger partial charge in [-0.25, -0.2) is 4.98 Å². The summed E-state index contributed by atoms with van der Waals surface area (Å²) >= 11 is 3.44. The molecule has 0 spiro atoms. The Kier molecular flexibility index (Phi) is 2.86. The standard InChI is InChI=1S/C13H15BrN4/c1-7-4-9(5-7)16-12-10-3-2-8(14)6-11(10)17-13(15)18-12/h2-3,6-7,9H,4-5H2,1H3,(H3,15,16,17,18)/t7-,9-. The molecule has 2 aromatic rings. The van der Waals surface area contributed by atoms with E-state index in [4.69, 9.17) is 5.73 Å². The lowest BCUT2D eigenvalue weighted by molar-refractivity contribution is 0.309. The number of benzene rings is 1. The van der Waals surface area contributed by atoms with Gasteiger partial charge in [-0.3, -0.25) is 0 Å². The molecular formula is C13H15BrN4. The van der Waals surface area contributed by atoms with E-state index in [0.717, 1.165) is 27.1 Å². The van der Waals surface area contributed by atoms with Crippen LogP contribution in [0.3, 0.4) is 0 Å². The Bertz CT molecular complexity index is 588. The predicted molar refractivity (Wildman–Crippen MR) is 77.5 cm³/mol. The number of nitrogens with two attached hydrogens (primary N) is 1. The molecular weight excluding hydrogens is 292 g/mol. The van der Waals surface area contributed by atoms with Gasteiger partial charge in [-0.15, -0.1) is 0 Å². The van der Waals surface area contributed by atoms with E-state index in [-0.39, 0.29) is 0 Å². The summed E-state index contributed by atoms with van der Waals surface area (Å²) < 4.78 is 0.997. The Morgan fingerprint density at radius 3 is 2.83 bits per heavy atom. The second kappa shape index (κ2) is 4.39. The fraction of sp³-hybridized carbons (Fsp3) is 0.385. The van der Waals surface area contributed by atoms with E-state index in [9.17, 15) is 0 Å². The first-order valence-corrected chi connectivity index (χ1v) is 6.90. The number of nitrogens with one attached hydrogen (secondary N) is 1. The van der Waals surface area contributed by atoms with Crippen LogP contribution in [-0.2, 0) is 0 Å². The van der Waals surface area contributed by atoms with Crippen molar-refractivity contribution < 1.29 is 0 Å². The fourth-order valence-corrected chi connectivity index (χ4v) is 2.79. The molecule has 1 aliphatic rings. The number of nitrogens with zero attached hydrogens (tertiary/aromatic N) is 2. The molecule has 0 amide bonds. The summed E-state index contributed by atoms with van der Waals surface area (Å²) in [7, 11) is 0. The first-order chi connectivity index (χ1) is 8.61. The summed E-state index contributed by atoms with van der Waals surface area (Å²) in [5.41, 5.74) is 6.63. The van der Waals surface area contributed by atoms with Gasteiger partial charge in [0.25, 0.3) is 0 Å². The number of halogens is 1. The van der Waals surface area contributed by atoms with Gasteiger partial charge >= 0.3 is 0 Å². The zero-order chi connectivity index (χ0) is 12.7. The van der Waals surface area contributed by atoms with Gasteiger partial charge in [-0.1, -0.05) is 22.9 Å². The van der Waals surface area contributed by atoms with E-state index in [2.05, 4.69) is 38.1 Å². The molecule has 94 valence electrons. The van der Waals surface area contributed by atoms with Crippen molar-refractivity contribution in [2.24, 2.45) is 5.92 Å². The molecule has 1 aromatic carbocycles. The zero-order valence-electron chi connectivity index (χ0n) is 10.2. The van der Waals surface area contributed by atoms with E-state index in [1.54, 1.807) is 0 Å². The van der Waals surface area contributed by atoms with Gasteiger partial charge in [0.2, 0.25) is 5.95 Å². The quantitative estimate of drug-likeness (QED) is 0.894. The average Bonchev–Trinajstić information content (AvgIpc) is 2.25. The Hall–Kier alpha value is -1.36. The van der Waals surface area contributed by atoms with Crippen molar-refractivity contribution in [3.8, 4) is 0 Å². The minimum absolute atomic E-state index is 0.315. The normalized spacial score (nSPS) is 22.8. The maximum atomic E-state index is 5.76. The summed E-state index contributed by atoms with van der Waals surface area (Å²) in [4.78, 5) is 8.58. The molecule has 0 radical (unpaired) electrons. The second-order valence-electron chi connectivity index (χ2n) is 5.01. The first-order valence-electron chi connectivity index (χ1n) is 6.11. The highest BCUT2D eigenvalue weighted by molar-refractivity contribution is 9.10. The lowest BCUT2D eigenvalue weighted by Gasteiger charge is -2.33. The van der Waals surface area contributed by atoms with Gasteiger partial charge in [0.05, 0.1) is 5.52 Å². The monoisotopic (exact) mass is 306 g/mol. The number of fused-ring (bicyclic) bond motifs is 1. The minimum atomic E-state index is 0.315. The molecule has 5 heteroatoms. The third kappa shape index (κ3) is 2.14. The molecule has 3 N–H and O–H groups in total. The average molecular weight is 307 g/mol. The van der Waals surface area contributed by atoms with Crippen LogP contribution in [-0.4, -0.2) is 16.0 Å². The summed E-state index contributed by atoms with van der Waals surface area (Å²) in [6.45, 7) is 2.27. The van der Waals surface area contributed by atoms with Crippen molar-refractivity contribution in [3.63, 3.8) is 0 Å². The fourth-order valence-electron chi connectivity index (χ4n) is 2.44. The maximum Gasteiger partial charge on any atom is 0.222 e. The summed E-state index contributed by atoms with van der Waals surface area (Å²) in [6, 6.07) is 6.49. The molecule has 0 aliphatic heterocycles. The third-order valence-corrected chi connectivity index (χ3v) is 3.88. The van der Waals surface area contributed by atoms with Crippen molar-refractivity contribution in [2.75, 3.05) is 11.1 Å². The summed E-state index contributed by atoms with van der Waals surface area (Å²) in [5, 5.41) is 4.49. The van der Waals surface area contributed by atoms with Crippen LogP contribution in [0, 0.1) is 5.92 Å². The predicted octanol–water partition coefficient (Wildman–Crippen LogP) is 3.18. The number of anilines is 2. The van der Waals surface area contributed by atoms with Crippen molar-refractivity contribution >= 4 is 38.6 Å². The highest BCUT2D eigenvalue weighted by Gasteiger charge is 2.26. The van der Waals surface area contributed by atoms with Gasteiger partial charge in [-0.05, 0) is 37.0 Å². The van der Waals surface area contributed by atoms with E-state index < -0.39 is 0 Å². The SMILES string of the molecule is C[C@H]1C[C@H](Nc2nc(N)nc3cc(Br)ccc23)C1. The largest absolute Gasteiger partial charge is 0.368 e. The minimum Gasteiger partial charge on any atom is -0.368 e. The molecule has 0 unspecified atom stereocenters. The number of aromatic nitrogens is 2. The van der Waals surface area contributed by atoms with Crippen LogP contribution in [0.1, 0.15) is 19.8 Å². The summed E-state index contributed by atoms with van der Waals surface area (Å²) in [6.07, 6.45) is 2.39. The molecule has 0 atom stereocenters. The van der Waals surface area contributed by atoms with Crippen LogP contribution in [0.15, 0.2) is 22.7 Å². The van der Waals surface area contributed by atoms with Crippen LogP contribution < -0.4 is 11.1 Å². The molecule has 4 nitrogen and oxygen atoms in total. The Labute approximate surface area is 114 Å². The molecule has 3 rings (SSSR count). The highest BCUT2D eigenvalue weighted by Crippen LogP contribution is 2.31. The topological polar surface area (TPSA) is 63.8 Å². The lowest BCUT2D eigenvalue weighted by Crippen LogP contribution is -2.34. The molecule has 1 aromatic heterocycles. The molecule has 1 heterocycles. The van der Waals surface area contributed by atoms with Crippen LogP contribution in [0.4, 0.5) is 11.8 Å². The molecule has 1 aliphatic carbocycles.